The van der Waals surface area contributed by atoms with E-state index in [9.17, 15) is 9.59 Å². The summed E-state index contributed by atoms with van der Waals surface area (Å²) < 4.78 is 5.06. The van der Waals surface area contributed by atoms with Crippen molar-refractivity contribution in [3.63, 3.8) is 0 Å². The second kappa shape index (κ2) is 9.24. The van der Waals surface area contributed by atoms with Gasteiger partial charge < -0.3 is 14.5 Å². The van der Waals surface area contributed by atoms with Gasteiger partial charge in [0.2, 0.25) is 0 Å². The summed E-state index contributed by atoms with van der Waals surface area (Å²) >= 11 is 5.82. The minimum Gasteiger partial charge on any atom is -0.452 e. The molecule has 1 aliphatic rings. The van der Waals surface area contributed by atoms with Gasteiger partial charge in [0.1, 0.15) is 0 Å². The molecule has 1 fully saturated rings. The van der Waals surface area contributed by atoms with Crippen molar-refractivity contribution in [1.82, 2.24) is 4.90 Å². The number of carbonyl (C=O) groups excluding carboxylic acids is 2. The number of hydrogen-bond donors (Lipinski definition) is 0. The van der Waals surface area contributed by atoms with Gasteiger partial charge in [-0.2, -0.15) is 0 Å². The molecule has 0 aromatic heterocycles. The Morgan fingerprint density at radius 2 is 1.63 bits per heavy atom. The highest BCUT2D eigenvalue weighted by Gasteiger charge is 2.21. The topological polar surface area (TPSA) is 49.9 Å². The van der Waals surface area contributed by atoms with E-state index in [1.54, 1.807) is 35.2 Å². The van der Waals surface area contributed by atoms with Gasteiger partial charge in [-0.3, -0.25) is 4.79 Å². The summed E-state index contributed by atoms with van der Waals surface area (Å²) in [7, 11) is 0. The van der Waals surface area contributed by atoms with Crippen LogP contribution in [0.4, 0.5) is 5.69 Å². The average molecular weight is 385 g/mol. The number of para-hydroxylation sites is 1. The number of piperazine rings is 1. The maximum atomic E-state index is 12.2. The smallest absolute Gasteiger partial charge is 0.331 e. The minimum absolute atomic E-state index is 0.170. The molecule has 3 rings (SSSR count). The summed E-state index contributed by atoms with van der Waals surface area (Å²) in [5, 5.41) is 0.632. The number of amides is 1. The van der Waals surface area contributed by atoms with Gasteiger partial charge in [-0.15, -0.1) is 0 Å². The van der Waals surface area contributed by atoms with Gasteiger partial charge in [-0.25, -0.2) is 4.79 Å². The van der Waals surface area contributed by atoms with Crippen molar-refractivity contribution in [3.8, 4) is 0 Å². The molecule has 1 saturated heterocycles. The molecular formula is C21H21ClN2O3. The van der Waals surface area contributed by atoms with Crippen LogP contribution in [-0.2, 0) is 14.3 Å². The Morgan fingerprint density at radius 3 is 2.30 bits per heavy atom. The molecule has 0 spiro atoms. The summed E-state index contributed by atoms with van der Waals surface area (Å²) in [5.41, 5.74) is 1.99. The molecule has 140 valence electrons. The van der Waals surface area contributed by atoms with Gasteiger partial charge in [-0.05, 0) is 35.9 Å². The molecule has 0 unspecified atom stereocenters. The first-order chi connectivity index (χ1) is 13.1. The lowest BCUT2D eigenvalue weighted by Crippen LogP contribution is -2.49. The fourth-order valence-electron chi connectivity index (χ4n) is 2.86. The van der Waals surface area contributed by atoms with Crippen LogP contribution >= 0.6 is 11.6 Å². The van der Waals surface area contributed by atoms with E-state index in [4.69, 9.17) is 16.3 Å². The number of halogens is 1. The first-order valence-corrected chi connectivity index (χ1v) is 9.18. The first kappa shape index (κ1) is 19.0. The Hall–Kier alpha value is -2.79. The second-order valence-corrected chi connectivity index (χ2v) is 6.63. The summed E-state index contributed by atoms with van der Waals surface area (Å²) in [6.45, 7) is 2.52. The summed E-state index contributed by atoms with van der Waals surface area (Å²) in [6.07, 6.45) is 2.94. The monoisotopic (exact) mass is 384 g/mol. The molecule has 1 heterocycles. The molecule has 0 atom stereocenters. The van der Waals surface area contributed by atoms with E-state index in [-0.39, 0.29) is 12.5 Å². The zero-order valence-corrected chi connectivity index (χ0v) is 15.6. The normalized spacial score (nSPS) is 14.4. The fourth-order valence-corrected chi connectivity index (χ4v) is 2.99. The lowest BCUT2D eigenvalue weighted by Gasteiger charge is -2.36. The summed E-state index contributed by atoms with van der Waals surface area (Å²) in [5.74, 6) is -0.711. The van der Waals surface area contributed by atoms with Crippen molar-refractivity contribution in [1.29, 1.82) is 0 Å². The number of nitrogens with zero attached hydrogens (tertiary/aromatic N) is 2. The van der Waals surface area contributed by atoms with Crippen LogP contribution in [0.25, 0.3) is 6.08 Å². The maximum Gasteiger partial charge on any atom is 0.331 e. The van der Waals surface area contributed by atoms with Gasteiger partial charge in [0.25, 0.3) is 5.91 Å². The molecule has 0 aliphatic carbocycles. The lowest BCUT2D eigenvalue weighted by molar-refractivity contribution is -0.148. The number of benzene rings is 2. The van der Waals surface area contributed by atoms with Crippen molar-refractivity contribution in [2.24, 2.45) is 0 Å². The van der Waals surface area contributed by atoms with E-state index in [1.807, 2.05) is 18.2 Å². The molecule has 2 aromatic carbocycles. The van der Waals surface area contributed by atoms with E-state index in [0.29, 0.717) is 18.1 Å². The van der Waals surface area contributed by atoms with Gasteiger partial charge in [-0.1, -0.05) is 41.9 Å². The molecule has 1 aliphatic heterocycles. The summed E-state index contributed by atoms with van der Waals surface area (Å²) in [6, 6.07) is 17.2. The standard InChI is InChI=1S/C21H21ClN2O3/c22-18-9-6-17(7-10-18)8-11-21(26)27-16-20(25)24-14-12-23(13-15-24)19-4-2-1-3-5-19/h1-11H,12-16H2/b11-8+. The predicted molar refractivity (Wildman–Crippen MR) is 107 cm³/mol. The molecule has 6 heteroatoms. The van der Waals surface area contributed by atoms with Crippen molar-refractivity contribution in [2.75, 3.05) is 37.7 Å². The number of anilines is 1. The zero-order valence-electron chi connectivity index (χ0n) is 14.9. The Balaban J connectivity index is 1.42. The molecule has 0 bridgehead atoms. The third-order valence-electron chi connectivity index (χ3n) is 4.37. The number of hydrogen-bond acceptors (Lipinski definition) is 4. The van der Waals surface area contributed by atoms with Gasteiger partial charge in [0.05, 0.1) is 0 Å². The van der Waals surface area contributed by atoms with Crippen LogP contribution in [0.15, 0.2) is 60.7 Å². The molecule has 5 nitrogen and oxygen atoms in total. The highest BCUT2D eigenvalue weighted by molar-refractivity contribution is 6.30. The molecule has 0 radical (unpaired) electrons. The summed E-state index contributed by atoms with van der Waals surface area (Å²) in [4.78, 5) is 28.0. The average Bonchev–Trinajstić information content (AvgIpc) is 2.72. The van der Waals surface area contributed by atoms with Crippen molar-refractivity contribution < 1.29 is 14.3 Å². The Morgan fingerprint density at radius 1 is 0.963 bits per heavy atom. The molecule has 1 amide bonds. The highest BCUT2D eigenvalue weighted by atomic mass is 35.5. The van der Waals surface area contributed by atoms with Crippen molar-refractivity contribution in [3.05, 3.63) is 71.3 Å². The highest BCUT2D eigenvalue weighted by Crippen LogP contribution is 2.15. The number of rotatable bonds is 5. The molecular weight excluding hydrogens is 364 g/mol. The van der Waals surface area contributed by atoms with E-state index in [2.05, 4.69) is 17.0 Å². The van der Waals surface area contributed by atoms with E-state index >= 15 is 0 Å². The SMILES string of the molecule is O=C(/C=C/c1ccc(Cl)cc1)OCC(=O)N1CCN(c2ccccc2)CC1. The number of ether oxygens (including phenoxy) is 1. The number of esters is 1. The van der Waals surface area contributed by atoms with Crippen LogP contribution < -0.4 is 4.90 Å². The van der Waals surface area contributed by atoms with Crippen LogP contribution in [0.1, 0.15) is 5.56 Å². The quantitative estimate of drug-likeness (QED) is 0.586. The van der Waals surface area contributed by atoms with Crippen LogP contribution in [0.3, 0.4) is 0 Å². The van der Waals surface area contributed by atoms with Crippen LogP contribution in [-0.4, -0.2) is 49.6 Å². The zero-order chi connectivity index (χ0) is 19.1. The molecule has 0 saturated carbocycles. The predicted octanol–water partition coefficient (Wildman–Crippen LogP) is 3.25. The maximum absolute atomic E-state index is 12.2. The second-order valence-electron chi connectivity index (χ2n) is 6.20. The van der Waals surface area contributed by atoms with Crippen molar-refractivity contribution >= 4 is 35.2 Å². The van der Waals surface area contributed by atoms with Gasteiger partial charge >= 0.3 is 5.97 Å². The Labute approximate surface area is 163 Å². The molecule has 2 aromatic rings. The van der Waals surface area contributed by atoms with Crippen LogP contribution in [0.2, 0.25) is 5.02 Å². The van der Waals surface area contributed by atoms with Crippen molar-refractivity contribution in [2.45, 2.75) is 0 Å². The van der Waals surface area contributed by atoms with E-state index < -0.39 is 5.97 Å². The number of carbonyl (C=O) groups is 2. The van der Waals surface area contributed by atoms with Crippen LogP contribution in [0.5, 0.6) is 0 Å². The first-order valence-electron chi connectivity index (χ1n) is 8.80. The Bertz CT molecular complexity index is 798. The third-order valence-corrected chi connectivity index (χ3v) is 4.63. The fraction of sp³-hybridized carbons (Fsp3) is 0.238. The van der Waals surface area contributed by atoms with Gasteiger partial charge in [0, 0.05) is 43.0 Å². The molecule has 27 heavy (non-hydrogen) atoms. The van der Waals surface area contributed by atoms with Gasteiger partial charge in [0.15, 0.2) is 6.61 Å². The van der Waals surface area contributed by atoms with E-state index in [1.165, 1.54) is 6.08 Å². The van der Waals surface area contributed by atoms with Crippen LogP contribution in [0, 0.1) is 0 Å². The molecule has 0 N–H and O–H groups in total. The Kier molecular flexibility index (Phi) is 6.49. The largest absolute Gasteiger partial charge is 0.452 e. The van der Waals surface area contributed by atoms with E-state index in [0.717, 1.165) is 24.3 Å². The minimum atomic E-state index is -0.541. The lowest BCUT2D eigenvalue weighted by atomic mass is 10.2. The third kappa shape index (κ3) is 5.59.